The minimum Gasteiger partial charge on any atom is -0.322 e. The minimum atomic E-state index is -1.31. The van der Waals surface area contributed by atoms with Crippen molar-refractivity contribution in [1.29, 1.82) is 0 Å². The van der Waals surface area contributed by atoms with Crippen LogP contribution in [0.5, 0.6) is 0 Å². The van der Waals surface area contributed by atoms with E-state index >= 15 is 0 Å². The Balaban J connectivity index is 1.42. The predicted octanol–water partition coefficient (Wildman–Crippen LogP) is 1.94. The van der Waals surface area contributed by atoms with E-state index in [1.165, 1.54) is 0 Å². The molecule has 10 nitrogen and oxygen atoms in total. The van der Waals surface area contributed by atoms with Crippen LogP contribution in [0.2, 0.25) is 0 Å². The van der Waals surface area contributed by atoms with Crippen molar-refractivity contribution < 1.29 is 24.0 Å². The monoisotopic (exact) mass is 469 g/mol. The van der Waals surface area contributed by atoms with E-state index in [0.29, 0.717) is 29.3 Å². The van der Waals surface area contributed by atoms with Gasteiger partial charge in [0.1, 0.15) is 17.6 Å². The summed E-state index contributed by atoms with van der Waals surface area (Å²) in [5.41, 5.74) is 1.70. The largest absolute Gasteiger partial charge is 0.344 e. The zero-order valence-electron chi connectivity index (χ0n) is 19.8. The quantitative estimate of drug-likeness (QED) is 0.549. The maximum absolute atomic E-state index is 13.1. The van der Waals surface area contributed by atoms with Crippen molar-refractivity contribution in [2.45, 2.75) is 70.4 Å². The molecule has 0 radical (unpaired) electrons. The van der Waals surface area contributed by atoms with Gasteiger partial charge >= 0.3 is 12.1 Å². The molecule has 3 aliphatic rings. The standard InChI is InChI=1S/C24H31N5O5/c1-4-5-16-6-8-17(9-7-16)23(3)19(31)28(21(33)25-23)14-18(30)27-29-20(32)24(26-22(29)34)12-10-15(2)11-13-24/h6-9,15H,4-5,10-14H2,1-3H3,(H,25,33)(H,26,34)(H,27,30). The van der Waals surface area contributed by atoms with Gasteiger partial charge in [0, 0.05) is 0 Å². The summed E-state index contributed by atoms with van der Waals surface area (Å²) >= 11 is 0. The number of aryl methyl sites for hydroxylation is 1. The fourth-order valence-electron chi connectivity index (χ4n) is 4.95. The van der Waals surface area contributed by atoms with Gasteiger partial charge in [-0.15, -0.1) is 0 Å². The molecule has 1 unspecified atom stereocenters. The fourth-order valence-corrected chi connectivity index (χ4v) is 4.95. The van der Waals surface area contributed by atoms with Crippen molar-refractivity contribution in [3.8, 4) is 0 Å². The van der Waals surface area contributed by atoms with Gasteiger partial charge in [0.2, 0.25) is 0 Å². The highest BCUT2D eigenvalue weighted by Gasteiger charge is 2.54. The van der Waals surface area contributed by atoms with Gasteiger partial charge in [0.15, 0.2) is 0 Å². The Morgan fingerprint density at radius 1 is 1.03 bits per heavy atom. The molecule has 4 rings (SSSR count). The first-order valence-electron chi connectivity index (χ1n) is 11.8. The number of amides is 7. The van der Waals surface area contributed by atoms with Gasteiger partial charge in [-0.1, -0.05) is 44.5 Å². The zero-order chi connectivity index (χ0) is 24.7. The van der Waals surface area contributed by atoms with E-state index in [9.17, 15) is 24.0 Å². The van der Waals surface area contributed by atoms with Crippen molar-refractivity contribution in [2.75, 3.05) is 6.54 Å². The number of nitrogens with zero attached hydrogens (tertiary/aromatic N) is 2. The summed E-state index contributed by atoms with van der Waals surface area (Å²) in [6.07, 6.45) is 4.52. The Labute approximate surface area is 198 Å². The molecule has 1 aromatic rings. The van der Waals surface area contributed by atoms with Crippen LogP contribution < -0.4 is 16.1 Å². The van der Waals surface area contributed by atoms with Crippen molar-refractivity contribution >= 4 is 29.8 Å². The van der Waals surface area contributed by atoms with Crippen LogP contribution >= 0.6 is 0 Å². The molecule has 34 heavy (non-hydrogen) atoms. The normalized spacial score (nSPS) is 29.0. The maximum atomic E-state index is 13.1. The molecule has 2 saturated heterocycles. The molecular formula is C24H31N5O5. The molecule has 0 bridgehead atoms. The molecule has 1 aliphatic carbocycles. The summed E-state index contributed by atoms with van der Waals surface area (Å²) in [4.78, 5) is 64.5. The lowest BCUT2D eigenvalue weighted by molar-refractivity contribution is -0.141. The Morgan fingerprint density at radius 3 is 2.29 bits per heavy atom. The number of nitrogens with one attached hydrogen (secondary N) is 3. The first-order chi connectivity index (χ1) is 16.1. The summed E-state index contributed by atoms with van der Waals surface area (Å²) in [7, 11) is 0. The number of imide groups is 2. The second-order valence-corrected chi connectivity index (χ2v) is 9.76. The van der Waals surface area contributed by atoms with Gasteiger partial charge in [0.25, 0.3) is 17.7 Å². The summed E-state index contributed by atoms with van der Waals surface area (Å²) in [6.45, 7) is 5.15. The van der Waals surface area contributed by atoms with E-state index in [0.717, 1.165) is 36.1 Å². The second-order valence-electron chi connectivity index (χ2n) is 9.76. The first-order valence-corrected chi connectivity index (χ1v) is 11.8. The molecule has 2 heterocycles. The van der Waals surface area contributed by atoms with Crippen molar-refractivity contribution in [3.63, 3.8) is 0 Å². The van der Waals surface area contributed by atoms with Crippen LogP contribution in [0, 0.1) is 5.92 Å². The number of hydrogen-bond donors (Lipinski definition) is 3. The molecule has 1 saturated carbocycles. The van der Waals surface area contributed by atoms with Crippen LogP contribution in [0.15, 0.2) is 24.3 Å². The lowest BCUT2D eigenvalue weighted by atomic mass is 9.77. The molecule has 0 aromatic heterocycles. The van der Waals surface area contributed by atoms with Gasteiger partial charge in [-0.2, -0.15) is 5.01 Å². The van der Waals surface area contributed by atoms with Crippen LogP contribution in [0.4, 0.5) is 9.59 Å². The third-order valence-electron chi connectivity index (χ3n) is 7.17. The molecular weight excluding hydrogens is 438 g/mol. The Kier molecular flexibility index (Phi) is 6.09. The second kappa shape index (κ2) is 8.73. The maximum Gasteiger partial charge on any atom is 0.344 e. The highest BCUT2D eigenvalue weighted by atomic mass is 16.2. The number of hydrazine groups is 1. The molecule has 3 N–H and O–H groups in total. The third-order valence-corrected chi connectivity index (χ3v) is 7.17. The lowest BCUT2D eigenvalue weighted by Gasteiger charge is -2.33. The van der Waals surface area contributed by atoms with Crippen molar-refractivity contribution in [3.05, 3.63) is 35.4 Å². The summed E-state index contributed by atoms with van der Waals surface area (Å²) in [5, 5.41) is 6.05. The topological polar surface area (TPSA) is 128 Å². The highest BCUT2D eigenvalue weighted by Crippen LogP contribution is 2.36. The third kappa shape index (κ3) is 4.01. The van der Waals surface area contributed by atoms with E-state index in [4.69, 9.17) is 0 Å². The van der Waals surface area contributed by atoms with E-state index in [1.807, 2.05) is 12.1 Å². The van der Waals surface area contributed by atoms with Crippen LogP contribution in [0.1, 0.15) is 64.0 Å². The molecule has 2 aliphatic heterocycles. The molecule has 1 aromatic carbocycles. The van der Waals surface area contributed by atoms with E-state index in [-0.39, 0.29) is 0 Å². The smallest absolute Gasteiger partial charge is 0.322 e. The Bertz CT molecular complexity index is 1030. The van der Waals surface area contributed by atoms with E-state index in [1.54, 1.807) is 19.1 Å². The predicted molar refractivity (Wildman–Crippen MR) is 122 cm³/mol. The van der Waals surface area contributed by atoms with E-state index < -0.39 is 47.4 Å². The van der Waals surface area contributed by atoms with Crippen molar-refractivity contribution in [1.82, 2.24) is 26.0 Å². The van der Waals surface area contributed by atoms with Gasteiger partial charge < -0.3 is 10.6 Å². The summed E-state index contributed by atoms with van der Waals surface area (Å²) in [6, 6.07) is 6.00. The SMILES string of the molecule is CCCc1ccc(C2(C)NC(=O)N(CC(=O)NN3C(=O)NC4(CCC(C)CC4)C3=O)C2=O)cc1. The van der Waals surface area contributed by atoms with Crippen LogP contribution in [-0.4, -0.2) is 51.8 Å². The van der Waals surface area contributed by atoms with Gasteiger partial charge in [-0.25, -0.2) is 9.59 Å². The first kappa shape index (κ1) is 23.7. The average molecular weight is 470 g/mol. The number of carbonyl (C=O) groups excluding carboxylic acids is 5. The fraction of sp³-hybridized carbons (Fsp3) is 0.542. The van der Waals surface area contributed by atoms with Crippen LogP contribution in [-0.2, 0) is 26.3 Å². The highest BCUT2D eigenvalue weighted by molar-refractivity contribution is 6.10. The molecule has 3 fully saturated rings. The zero-order valence-corrected chi connectivity index (χ0v) is 19.8. The molecule has 1 atom stereocenters. The Hall–Kier alpha value is -3.43. The van der Waals surface area contributed by atoms with Crippen LogP contribution in [0.25, 0.3) is 0 Å². The molecule has 10 heteroatoms. The lowest BCUT2D eigenvalue weighted by Crippen LogP contribution is -2.53. The summed E-state index contributed by atoms with van der Waals surface area (Å²) < 4.78 is 0. The number of hydrogen-bond acceptors (Lipinski definition) is 5. The summed E-state index contributed by atoms with van der Waals surface area (Å²) in [5.74, 6) is -1.43. The molecule has 1 spiro atoms. The minimum absolute atomic E-state index is 0.468. The number of carbonyl (C=O) groups is 5. The number of urea groups is 2. The van der Waals surface area contributed by atoms with Crippen molar-refractivity contribution in [2.24, 2.45) is 5.92 Å². The van der Waals surface area contributed by atoms with Crippen LogP contribution in [0.3, 0.4) is 0 Å². The number of rotatable bonds is 6. The van der Waals surface area contributed by atoms with Gasteiger partial charge in [0.05, 0.1) is 0 Å². The van der Waals surface area contributed by atoms with Gasteiger partial charge in [-0.3, -0.25) is 24.7 Å². The molecule has 7 amide bonds. The average Bonchev–Trinajstić information content (AvgIpc) is 3.16. The number of benzene rings is 1. The molecule has 182 valence electrons. The Morgan fingerprint density at radius 2 is 1.68 bits per heavy atom. The van der Waals surface area contributed by atoms with Gasteiger partial charge in [-0.05, 0) is 56.1 Å². The van der Waals surface area contributed by atoms with E-state index in [2.05, 4.69) is 29.9 Å².